The van der Waals surface area contributed by atoms with Gasteiger partial charge in [-0.2, -0.15) is 0 Å². The van der Waals surface area contributed by atoms with Gasteiger partial charge in [0.1, 0.15) is 0 Å². The predicted molar refractivity (Wildman–Crippen MR) is 82.4 cm³/mol. The van der Waals surface area contributed by atoms with Gasteiger partial charge in [-0.1, -0.05) is 6.92 Å². The standard InChI is InChI=1S/C16H26N4/c1-3-8-19-11-6-14-13(2)17-16(18-15(14)7-12-19)20-9-4-5-10-20/h3-12H2,1-2H3. The molecule has 20 heavy (non-hydrogen) atoms. The van der Waals surface area contributed by atoms with Crippen molar-refractivity contribution in [3.8, 4) is 0 Å². The molecule has 1 fully saturated rings. The van der Waals surface area contributed by atoms with E-state index >= 15 is 0 Å². The van der Waals surface area contributed by atoms with Gasteiger partial charge in [-0.3, -0.25) is 0 Å². The highest BCUT2D eigenvalue weighted by atomic mass is 15.3. The first-order valence-electron chi connectivity index (χ1n) is 8.11. The first kappa shape index (κ1) is 13.8. The van der Waals surface area contributed by atoms with Gasteiger partial charge in [0, 0.05) is 38.3 Å². The Kier molecular flexibility index (Phi) is 4.20. The average Bonchev–Trinajstić information content (AvgIpc) is 2.89. The summed E-state index contributed by atoms with van der Waals surface area (Å²) in [7, 11) is 0. The second-order valence-corrected chi connectivity index (χ2v) is 6.07. The van der Waals surface area contributed by atoms with Crippen molar-refractivity contribution < 1.29 is 0 Å². The zero-order valence-electron chi connectivity index (χ0n) is 12.9. The molecule has 3 heterocycles. The fourth-order valence-electron chi connectivity index (χ4n) is 3.42. The Morgan fingerprint density at radius 3 is 2.50 bits per heavy atom. The predicted octanol–water partition coefficient (Wildman–Crippen LogP) is 2.20. The van der Waals surface area contributed by atoms with Crippen molar-refractivity contribution >= 4 is 5.95 Å². The van der Waals surface area contributed by atoms with Crippen molar-refractivity contribution in [2.45, 2.75) is 46.0 Å². The molecule has 1 saturated heterocycles. The Morgan fingerprint density at radius 1 is 1.00 bits per heavy atom. The molecule has 2 aliphatic heterocycles. The smallest absolute Gasteiger partial charge is 0.225 e. The molecule has 2 aliphatic rings. The summed E-state index contributed by atoms with van der Waals surface area (Å²) in [5.74, 6) is 0.975. The molecule has 1 aromatic rings. The molecule has 110 valence electrons. The van der Waals surface area contributed by atoms with Gasteiger partial charge in [0.2, 0.25) is 5.95 Å². The van der Waals surface area contributed by atoms with Gasteiger partial charge in [0.25, 0.3) is 0 Å². The van der Waals surface area contributed by atoms with E-state index < -0.39 is 0 Å². The van der Waals surface area contributed by atoms with Crippen molar-refractivity contribution in [1.82, 2.24) is 14.9 Å². The Morgan fingerprint density at radius 2 is 1.75 bits per heavy atom. The van der Waals surface area contributed by atoms with Crippen LogP contribution in [0.3, 0.4) is 0 Å². The van der Waals surface area contributed by atoms with E-state index in [-0.39, 0.29) is 0 Å². The minimum absolute atomic E-state index is 0.975. The lowest BCUT2D eigenvalue weighted by Gasteiger charge is -2.18. The topological polar surface area (TPSA) is 32.3 Å². The molecule has 3 rings (SSSR count). The number of aryl methyl sites for hydroxylation is 1. The van der Waals surface area contributed by atoms with Crippen molar-refractivity contribution in [3.63, 3.8) is 0 Å². The summed E-state index contributed by atoms with van der Waals surface area (Å²) >= 11 is 0. The highest BCUT2D eigenvalue weighted by Crippen LogP contribution is 2.22. The van der Waals surface area contributed by atoms with Crippen LogP contribution in [-0.2, 0) is 12.8 Å². The van der Waals surface area contributed by atoms with Crippen LogP contribution in [0.4, 0.5) is 5.95 Å². The molecule has 0 aliphatic carbocycles. The largest absolute Gasteiger partial charge is 0.341 e. The number of nitrogens with zero attached hydrogens (tertiary/aromatic N) is 4. The van der Waals surface area contributed by atoms with E-state index in [2.05, 4.69) is 23.6 Å². The molecule has 1 aromatic heterocycles. The second kappa shape index (κ2) is 6.08. The van der Waals surface area contributed by atoms with Crippen LogP contribution < -0.4 is 4.90 Å². The van der Waals surface area contributed by atoms with Gasteiger partial charge in [-0.25, -0.2) is 9.97 Å². The maximum absolute atomic E-state index is 4.90. The Hall–Kier alpha value is -1.16. The summed E-state index contributed by atoms with van der Waals surface area (Å²) in [4.78, 5) is 14.6. The van der Waals surface area contributed by atoms with E-state index in [9.17, 15) is 0 Å². The number of fused-ring (bicyclic) bond motifs is 1. The van der Waals surface area contributed by atoms with Gasteiger partial charge < -0.3 is 9.80 Å². The van der Waals surface area contributed by atoms with E-state index in [1.54, 1.807) is 0 Å². The van der Waals surface area contributed by atoms with Crippen LogP contribution in [0.1, 0.15) is 43.1 Å². The summed E-state index contributed by atoms with van der Waals surface area (Å²) in [5.41, 5.74) is 3.92. The average molecular weight is 274 g/mol. The molecule has 0 aromatic carbocycles. The molecule has 0 saturated carbocycles. The van der Waals surface area contributed by atoms with Crippen molar-refractivity contribution in [2.24, 2.45) is 0 Å². The van der Waals surface area contributed by atoms with Gasteiger partial charge in [-0.15, -0.1) is 0 Å². The summed E-state index contributed by atoms with van der Waals surface area (Å²) in [6.45, 7) is 10.2. The normalized spacial score (nSPS) is 20.0. The molecule has 0 spiro atoms. The summed E-state index contributed by atoms with van der Waals surface area (Å²) < 4.78 is 0. The van der Waals surface area contributed by atoms with Crippen LogP contribution in [0.25, 0.3) is 0 Å². The van der Waals surface area contributed by atoms with E-state index in [1.165, 1.54) is 42.8 Å². The lowest BCUT2D eigenvalue weighted by molar-refractivity contribution is 0.287. The fraction of sp³-hybridized carbons (Fsp3) is 0.750. The highest BCUT2D eigenvalue weighted by Gasteiger charge is 2.21. The number of anilines is 1. The minimum atomic E-state index is 0.975. The number of hydrogen-bond donors (Lipinski definition) is 0. The zero-order valence-corrected chi connectivity index (χ0v) is 12.9. The van der Waals surface area contributed by atoms with Crippen molar-refractivity contribution in [2.75, 3.05) is 37.6 Å². The lowest BCUT2D eigenvalue weighted by Crippen LogP contribution is -2.27. The molecule has 0 atom stereocenters. The monoisotopic (exact) mass is 274 g/mol. The molecule has 0 radical (unpaired) electrons. The molecule has 4 heteroatoms. The minimum Gasteiger partial charge on any atom is -0.341 e. The molecular formula is C16H26N4. The quantitative estimate of drug-likeness (QED) is 0.846. The van der Waals surface area contributed by atoms with Gasteiger partial charge in [-0.05, 0) is 44.7 Å². The third kappa shape index (κ3) is 2.80. The Labute approximate surface area is 122 Å². The number of aromatic nitrogens is 2. The first-order chi connectivity index (χ1) is 9.78. The van der Waals surface area contributed by atoms with Crippen molar-refractivity contribution in [3.05, 3.63) is 17.0 Å². The SMILES string of the molecule is CCCN1CCc2nc(N3CCCC3)nc(C)c2CC1. The Bertz CT molecular complexity index is 466. The van der Waals surface area contributed by atoms with Crippen LogP contribution in [0, 0.1) is 6.92 Å². The Balaban J connectivity index is 1.82. The van der Waals surface area contributed by atoms with Crippen molar-refractivity contribution in [1.29, 1.82) is 0 Å². The molecule has 4 nitrogen and oxygen atoms in total. The zero-order chi connectivity index (χ0) is 13.9. The maximum Gasteiger partial charge on any atom is 0.225 e. The van der Waals surface area contributed by atoms with Crippen LogP contribution in [-0.4, -0.2) is 47.6 Å². The van der Waals surface area contributed by atoms with Crippen LogP contribution in [0.5, 0.6) is 0 Å². The van der Waals surface area contributed by atoms with Gasteiger partial charge in [0.05, 0.1) is 5.69 Å². The third-order valence-corrected chi connectivity index (χ3v) is 4.56. The summed E-state index contributed by atoms with van der Waals surface area (Å²) in [6, 6.07) is 0. The van der Waals surface area contributed by atoms with Crippen LogP contribution in [0.2, 0.25) is 0 Å². The summed E-state index contributed by atoms with van der Waals surface area (Å²) in [5, 5.41) is 0. The third-order valence-electron chi connectivity index (χ3n) is 4.56. The van der Waals surface area contributed by atoms with Crippen LogP contribution in [0.15, 0.2) is 0 Å². The van der Waals surface area contributed by atoms with E-state index in [4.69, 9.17) is 9.97 Å². The number of rotatable bonds is 3. The molecular weight excluding hydrogens is 248 g/mol. The molecule has 0 N–H and O–H groups in total. The fourth-order valence-corrected chi connectivity index (χ4v) is 3.42. The van der Waals surface area contributed by atoms with E-state index in [0.717, 1.165) is 45.0 Å². The maximum atomic E-state index is 4.90. The lowest BCUT2D eigenvalue weighted by atomic mass is 10.1. The highest BCUT2D eigenvalue weighted by molar-refractivity contribution is 5.38. The van der Waals surface area contributed by atoms with E-state index in [1.807, 2.05) is 0 Å². The first-order valence-corrected chi connectivity index (χ1v) is 8.11. The molecule has 0 amide bonds. The summed E-state index contributed by atoms with van der Waals surface area (Å²) in [6.07, 6.45) is 5.99. The van der Waals surface area contributed by atoms with E-state index in [0.29, 0.717) is 0 Å². The van der Waals surface area contributed by atoms with Gasteiger partial charge >= 0.3 is 0 Å². The van der Waals surface area contributed by atoms with Gasteiger partial charge in [0.15, 0.2) is 0 Å². The molecule has 0 bridgehead atoms. The molecule has 0 unspecified atom stereocenters. The second-order valence-electron chi connectivity index (χ2n) is 6.07. The van der Waals surface area contributed by atoms with Crippen LogP contribution >= 0.6 is 0 Å². The number of hydrogen-bond acceptors (Lipinski definition) is 4.